The maximum atomic E-state index is 12.4. The highest BCUT2D eigenvalue weighted by molar-refractivity contribution is 6.74. The molecule has 49 heavy (non-hydrogen) atoms. The van der Waals surface area contributed by atoms with Crippen molar-refractivity contribution < 1.29 is 28.5 Å². The monoisotopic (exact) mass is 685 g/mol. The third kappa shape index (κ3) is 6.40. The van der Waals surface area contributed by atoms with Gasteiger partial charge in [0.15, 0.2) is 25.7 Å². The molecule has 12 nitrogen and oxygen atoms in total. The van der Waals surface area contributed by atoms with E-state index in [1.165, 1.54) is 10.9 Å². The Labute approximate surface area is 286 Å². The number of benzene rings is 3. The first-order valence-electron chi connectivity index (χ1n) is 16.2. The standard InChI is InChI=1S/C36H43N5O7Si/c1-35(2,3)49(6,7)48-31-28(47-34(30(31)42)41-22-37-29-32(41)38-40-39-33(29)43)21-46-36(23-11-9-8-10-12-23,24-13-17-26(44-4)18-14-24)25-15-19-27(45-5)20-16-25/h8-20,22,28,30-31,34,42H,21H2,1-7H3,(H,38,39,43)/t28-,30-,31-,34-/m1/s1. The maximum Gasteiger partial charge on any atom is 0.295 e. The molecule has 1 fully saturated rings. The van der Waals surface area contributed by atoms with Crippen LogP contribution in [0.5, 0.6) is 11.5 Å². The number of ether oxygens (including phenoxy) is 4. The van der Waals surface area contributed by atoms with E-state index < -0.39 is 44.0 Å². The first kappa shape index (κ1) is 34.5. The molecule has 0 aliphatic carbocycles. The molecule has 2 N–H and O–H groups in total. The fraction of sp³-hybridized carbons (Fsp3) is 0.389. The molecular weight excluding hydrogens is 643 g/mol. The largest absolute Gasteiger partial charge is 0.497 e. The zero-order valence-corrected chi connectivity index (χ0v) is 29.8. The maximum absolute atomic E-state index is 12.4. The molecular formula is C36H43N5O7Si. The van der Waals surface area contributed by atoms with Crippen LogP contribution in [0.2, 0.25) is 18.1 Å². The van der Waals surface area contributed by atoms with E-state index in [1.54, 1.807) is 14.2 Å². The predicted octanol–water partition coefficient (Wildman–Crippen LogP) is 5.19. The molecule has 13 heteroatoms. The van der Waals surface area contributed by atoms with Gasteiger partial charge in [-0.15, -0.1) is 5.10 Å². The number of nitrogens with one attached hydrogen (secondary N) is 1. The summed E-state index contributed by atoms with van der Waals surface area (Å²) >= 11 is 0. The van der Waals surface area contributed by atoms with E-state index in [4.69, 9.17) is 23.4 Å². The van der Waals surface area contributed by atoms with Gasteiger partial charge in [-0.05, 0) is 59.1 Å². The third-order valence-corrected chi connectivity index (χ3v) is 14.2. The Bertz CT molecular complexity index is 1880. The lowest BCUT2D eigenvalue weighted by Gasteiger charge is -2.41. The minimum atomic E-state index is -2.45. The van der Waals surface area contributed by atoms with E-state index in [1.807, 2.05) is 78.9 Å². The second-order valence-electron chi connectivity index (χ2n) is 13.7. The number of imidazole rings is 1. The Hall–Kier alpha value is -4.40. The summed E-state index contributed by atoms with van der Waals surface area (Å²) in [6.07, 6.45) is -2.20. The molecule has 0 unspecified atom stereocenters. The summed E-state index contributed by atoms with van der Waals surface area (Å²) in [5.41, 5.74) is 1.28. The Morgan fingerprint density at radius 3 is 2.02 bits per heavy atom. The van der Waals surface area contributed by atoms with Gasteiger partial charge in [0.25, 0.3) is 5.56 Å². The predicted molar refractivity (Wildman–Crippen MR) is 186 cm³/mol. The zero-order chi connectivity index (χ0) is 35.0. The summed E-state index contributed by atoms with van der Waals surface area (Å²) in [6, 6.07) is 25.5. The van der Waals surface area contributed by atoms with Crippen LogP contribution in [0.1, 0.15) is 43.7 Å². The van der Waals surface area contributed by atoms with E-state index in [0.717, 1.165) is 16.7 Å². The summed E-state index contributed by atoms with van der Waals surface area (Å²) in [6.45, 7) is 10.7. The van der Waals surface area contributed by atoms with Crippen molar-refractivity contribution in [2.24, 2.45) is 0 Å². The number of H-pyrrole nitrogens is 1. The van der Waals surface area contributed by atoms with Crippen LogP contribution in [0.25, 0.3) is 11.2 Å². The summed E-state index contributed by atoms with van der Waals surface area (Å²) in [4.78, 5) is 16.7. The molecule has 0 radical (unpaired) electrons. The van der Waals surface area contributed by atoms with E-state index in [2.05, 4.69) is 54.3 Å². The minimum absolute atomic E-state index is 0.0265. The van der Waals surface area contributed by atoms with Crippen molar-refractivity contribution >= 4 is 19.5 Å². The average Bonchev–Trinajstić information content (AvgIpc) is 3.66. The molecule has 4 atom stereocenters. The number of hydrogen-bond donors (Lipinski definition) is 2. The van der Waals surface area contributed by atoms with Gasteiger partial charge in [0.05, 0.1) is 27.2 Å². The molecule has 258 valence electrons. The van der Waals surface area contributed by atoms with Crippen molar-refractivity contribution in [1.29, 1.82) is 0 Å². The number of aromatic amines is 1. The summed E-state index contributed by atoms with van der Waals surface area (Å²) in [7, 11) is 0.813. The normalized spacial score (nSPS) is 20.1. The second kappa shape index (κ2) is 13.5. The molecule has 2 aromatic heterocycles. The van der Waals surface area contributed by atoms with Crippen LogP contribution in [0.3, 0.4) is 0 Å². The molecule has 0 bridgehead atoms. The van der Waals surface area contributed by atoms with Crippen LogP contribution < -0.4 is 15.0 Å². The molecule has 0 saturated carbocycles. The number of methoxy groups -OCH3 is 2. The van der Waals surface area contributed by atoms with Crippen LogP contribution in [-0.4, -0.2) is 77.5 Å². The Morgan fingerprint density at radius 1 is 0.898 bits per heavy atom. The lowest BCUT2D eigenvalue weighted by molar-refractivity contribution is -0.0930. The fourth-order valence-corrected chi connectivity index (χ4v) is 7.32. The quantitative estimate of drug-likeness (QED) is 0.141. The van der Waals surface area contributed by atoms with Gasteiger partial charge < -0.3 is 28.5 Å². The molecule has 0 amide bonds. The number of aromatic nitrogens is 5. The van der Waals surface area contributed by atoms with Gasteiger partial charge in [-0.3, -0.25) is 9.36 Å². The first-order chi connectivity index (χ1) is 23.4. The molecule has 5 aromatic rings. The SMILES string of the molecule is COc1ccc(C(OC[C@H]2O[C@@H](n3cnc4c(=O)[nH]nnc43)[C@H](O)[C@@H]2O[Si](C)(C)C(C)(C)C)(c2ccccc2)c2ccc(OC)cc2)cc1. The number of hydrogen-bond acceptors (Lipinski definition) is 10. The minimum Gasteiger partial charge on any atom is -0.497 e. The highest BCUT2D eigenvalue weighted by Crippen LogP contribution is 2.45. The molecule has 1 aliphatic rings. The van der Waals surface area contributed by atoms with Crippen LogP contribution >= 0.6 is 0 Å². The summed E-state index contributed by atoms with van der Waals surface area (Å²) in [5.74, 6) is 1.42. The van der Waals surface area contributed by atoms with Crippen molar-refractivity contribution in [2.45, 2.75) is 69.0 Å². The molecule has 3 aromatic carbocycles. The smallest absolute Gasteiger partial charge is 0.295 e. The summed E-state index contributed by atoms with van der Waals surface area (Å²) in [5, 5.41) is 21.9. The number of nitrogens with zero attached hydrogens (tertiary/aromatic N) is 4. The van der Waals surface area contributed by atoms with Crippen molar-refractivity contribution in [3.8, 4) is 11.5 Å². The Kier molecular flexibility index (Phi) is 9.48. The zero-order valence-electron chi connectivity index (χ0n) is 28.8. The van der Waals surface area contributed by atoms with Gasteiger partial charge in [-0.2, -0.15) is 0 Å². The van der Waals surface area contributed by atoms with Crippen molar-refractivity contribution in [2.75, 3.05) is 20.8 Å². The van der Waals surface area contributed by atoms with E-state index in [0.29, 0.717) is 11.5 Å². The molecule has 1 aliphatic heterocycles. The summed E-state index contributed by atoms with van der Waals surface area (Å²) < 4.78 is 33.2. The van der Waals surface area contributed by atoms with Gasteiger partial charge in [-0.1, -0.05) is 80.6 Å². The number of rotatable bonds is 11. The Morgan fingerprint density at radius 2 is 1.47 bits per heavy atom. The van der Waals surface area contributed by atoms with Gasteiger partial charge in [0.1, 0.15) is 35.4 Å². The number of aliphatic hydroxyl groups is 1. The van der Waals surface area contributed by atoms with Gasteiger partial charge in [0, 0.05) is 0 Å². The van der Waals surface area contributed by atoms with Crippen LogP contribution in [0.4, 0.5) is 0 Å². The lowest BCUT2D eigenvalue weighted by Crippen LogP contribution is -2.50. The molecule has 1 saturated heterocycles. The van der Waals surface area contributed by atoms with Gasteiger partial charge >= 0.3 is 0 Å². The van der Waals surface area contributed by atoms with Crippen molar-refractivity contribution in [3.63, 3.8) is 0 Å². The van der Waals surface area contributed by atoms with Gasteiger partial charge in [-0.25, -0.2) is 10.1 Å². The second-order valence-corrected chi connectivity index (χ2v) is 18.4. The molecule has 3 heterocycles. The number of fused-ring (bicyclic) bond motifs is 1. The highest BCUT2D eigenvalue weighted by atomic mass is 28.4. The molecule has 0 spiro atoms. The van der Waals surface area contributed by atoms with E-state index >= 15 is 0 Å². The van der Waals surface area contributed by atoms with Crippen molar-refractivity contribution in [1.82, 2.24) is 25.0 Å². The van der Waals surface area contributed by atoms with Crippen molar-refractivity contribution in [3.05, 3.63) is 112 Å². The van der Waals surface area contributed by atoms with E-state index in [9.17, 15) is 9.90 Å². The van der Waals surface area contributed by atoms with Crippen LogP contribution in [0.15, 0.2) is 90.0 Å². The lowest BCUT2D eigenvalue weighted by atomic mass is 9.80. The first-order valence-corrected chi connectivity index (χ1v) is 19.1. The van der Waals surface area contributed by atoms with Gasteiger partial charge in [0.2, 0.25) is 0 Å². The fourth-order valence-electron chi connectivity index (χ4n) is 6.00. The van der Waals surface area contributed by atoms with Crippen LogP contribution in [-0.2, 0) is 19.5 Å². The van der Waals surface area contributed by atoms with E-state index in [-0.39, 0.29) is 22.8 Å². The number of aliphatic hydroxyl groups excluding tert-OH is 1. The Balaban J connectivity index is 1.46. The van der Waals surface area contributed by atoms with Crippen LogP contribution in [0, 0.1) is 0 Å². The average molecular weight is 686 g/mol. The molecule has 6 rings (SSSR count). The highest BCUT2D eigenvalue weighted by Gasteiger charge is 2.52. The third-order valence-electron chi connectivity index (χ3n) is 9.74. The topological polar surface area (TPSA) is 143 Å².